The molecule has 2 N–H and O–H groups in total. The average Bonchev–Trinajstić information content (AvgIpc) is 3.49. The Labute approximate surface area is 244 Å². The molecule has 5 rings (SSSR count). The highest BCUT2D eigenvalue weighted by Gasteiger charge is 2.21. The second kappa shape index (κ2) is 12.9. The second-order valence-corrected chi connectivity index (χ2v) is 9.44. The molecule has 1 aromatic heterocycles. The minimum atomic E-state index is -0.632. The van der Waals surface area contributed by atoms with Crippen LogP contribution >= 0.6 is 12.4 Å². The Bertz CT molecular complexity index is 1530. The first kappa shape index (κ1) is 29.6. The smallest absolute Gasteiger partial charge is 0.249 e. The summed E-state index contributed by atoms with van der Waals surface area (Å²) in [6.07, 6.45) is 1.89. The van der Waals surface area contributed by atoms with E-state index in [0.29, 0.717) is 17.1 Å². The molecule has 0 atom stereocenters. The lowest BCUT2D eigenvalue weighted by Gasteiger charge is -2.29. The van der Waals surface area contributed by atoms with E-state index >= 15 is 0 Å². The molecule has 0 fully saturated rings. The Morgan fingerprint density at radius 2 is 1.49 bits per heavy atom. The fourth-order valence-electron chi connectivity index (χ4n) is 4.92. The summed E-state index contributed by atoms with van der Waals surface area (Å²) in [6, 6.07) is 15.3. The van der Waals surface area contributed by atoms with Gasteiger partial charge in [-0.25, -0.2) is 0 Å². The number of nitrogens with two attached hydrogens (primary N) is 1. The number of nitrogens with zero attached hydrogens (tertiary/aromatic N) is 5. The molecule has 1 aliphatic rings. The first-order valence-electron chi connectivity index (χ1n) is 12.9. The Hall–Kier alpha value is -4.35. The number of halogens is 1. The molecule has 3 aromatic carbocycles. The number of benzene rings is 3. The van der Waals surface area contributed by atoms with Crippen LogP contribution in [0.1, 0.15) is 27.0 Å². The number of primary amides is 1. The summed E-state index contributed by atoms with van der Waals surface area (Å²) in [6.45, 7) is 2.81. The van der Waals surface area contributed by atoms with Crippen molar-refractivity contribution < 1.29 is 23.7 Å². The van der Waals surface area contributed by atoms with Crippen molar-refractivity contribution >= 4 is 18.3 Å². The summed E-state index contributed by atoms with van der Waals surface area (Å²) < 4.78 is 21.6. The van der Waals surface area contributed by atoms with Gasteiger partial charge in [-0.15, -0.1) is 27.4 Å². The Balaban J connectivity index is 0.00000387. The maximum absolute atomic E-state index is 12.1. The van der Waals surface area contributed by atoms with Crippen molar-refractivity contribution in [3.05, 3.63) is 70.8 Å². The molecule has 2 heterocycles. The molecule has 0 saturated heterocycles. The highest BCUT2D eigenvalue weighted by molar-refractivity contribution is 6.00. The van der Waals surface area contributed by atoms with E-state index in [9.17, 15) is 4.79 Å². The number of carbonyl (C=O) groups is 1. The molecule has 0 radical (unpaired) electrons. The summed E-state index contributed by atoms with van der Waals surface area (Å²) in [4.78, 5) is 16.0. The molecule has 0 spiro atoms. The second-order valence-electron chi connectivity index (χ2n) is 9.44. The van der Waals surface area contributed by atoms with Crippen LogP contribution in [0, 0.1) is 0 Å². The summed E-state index contributed by atoms with van der Waals surface area (Å²) in [5.74, 6) is 1.98. The zero-order chi connectivity index (χ0) is 28.2. The summed E-state index contributed by atoms with van der Waals surface area (Å²) >= 11 is 0. The summed E-state index contributed by atoms with van der Waals surface area (Å²) in [5.41, 5.74) is 10.8. The minimum Gasteiger partial charge on any atom is -0.493 e. The van der Waals surface area contributed by atoms with Gasteiger partial charge in [0.25, 0.3) is 0 Å². The number of amides is 1. The molecular formula is C29H33ClN6O5. The highest BCUT2D eigenvalue weighted by Crippen LogP contribution is 2.35. The van der Waals surface area contributed by atoms with Crippen LogP contribution in [-0.4, -0.2) is 72.5 Å². The van der Waals surface area contributed by atoms with Gasteiger partial charge in [0.1, 0.15) is 0 Å². The van der Waals surface area contributed by atoms with Gasteiger partial charge in [0.05, 0.1) is 39.7 Å². The fourth-order valence-corrected chi connectivity index (χ4v) is 4.92. The third-order valence-electron chi connectivity index (χ3n) is 7.12. The van der Waals surface area contributed by atoms with Crippen LogP contribution < -0.4 is 24.7 Å². The van der Waals surface area contributed by atoms with Crippen molar-refractivity contribution in [3.63, 3.8) is 0 Å². The monoisotopic (exact) mass is 580 g/mol. The molecule has 41 heavy (non-hydrogen) atoms. The molecule has 4 aromatic rings. The van der Waals surface area contributed by atoms with Crippen LogP contribution in [0.25, 0.3) is 17.1 Å². The molecule has 0 bridgehead atoms. The summed E-state index contributed by atoms with van der Waals surface area (Å²) in [5, 5.41) is 12.8. The third kappa shape index (κ3) is 6.21. The van der Waals surface area contributed by atoms with E-state index in [4.69, 9.17) is 24.7 Å². The number of methoxy groups -OCH3 is 4. The van der Waals surface area contributed by atoms with Crippen LogP contribution in [-0.2, 0) is 19.4 Å². The van der Waals surface area contributed by atoms with Gasteiger partial charge >= 0.3 is 0 Å². The van der Waals surface area contributed by atoms with Crippen molar-refractivity contribution in [1.82, 2.24) is 25.1 Å². The minimum absolute atomic E-state index is 0. The lowest BCUT2D eigenvalue weighted by atomic mass is 9.98. The molecule has 0 unspecified atom stereocenters. The zero-order valence-electron chi connectivity index (χ0n) is 23.4. The maximum Gasteiger partial charge on any atom is 0.249 e. The van der Waals surface area contributed by atoms with Crippen LogP contribution in [0.5, 0.6) is 23.0 Å². The van der Waals surface area contributed by atoms with E-state index in [1.165, 1.54) is 41.8 Å². The largest absolute Gasteiger partial charge is 0.493 e. The predicted molar refractivity (Wildman–Crippen MR) is 156 cm³/mol. The first-order valence-corrected chi connectivity index (χ1v) is 12.9. The van der Waals surface area contributed by atoms with Crippen molar-refractivity contribution in [1.29, 1.82) is 0 Å². The molecule has 216 valence electrons. The number of fused-ring (bicyclic) bond motifs is 1. The normalized spacial score (nSPS) is 12.7. The Morgan fingerprint density at radius 3 is 2.12 bits per heavy atom. The van der Waals surface area contributed by atoms with Gasteiger partial charge in [0, 0.05) is 25.2 Å². The number of ether oxygens (including phenoxy) is 4. The Kier molecular flexibility index (Phi) is 9.31. The maximum atomic E-state index is 12.1. The standard InChI is InChI=1S/C29H32N6O5.ClH/c1-37-24-13-19-10-12-34(17-20(19)14-25(24)38-2)11-9-18-5-7-21(8-6-18)35-32-29(31-33-35)23-16-27(40-4)26(39-3)15-22(23)28(30)36;/h5-8,13-16H,9-12,17H2,1-4H3,(H2,30,36);1H. The van der Waals surface area contributed by atoms with Gasteiger partial charge in [0.2, 0.25) is 11.7 Å². The van der Waals surface area contributed by atoms with Crippen LogP contribution in [0.15, 0.2) is 48.5 Å². The van der Waals surface area contributed by atoms with Crippen molar-refractivity contribution in [2.45, 2.75) is 19.4 Å². The SMILES string of the molecule is COc1cc2c(cc1OC)CN(CCc1ccc(-n3nnc(-c4cc(OC)c(OC)cc4C(N)=O)n3)cc1)CC2.Cl. The molecule has 1 amide bonds. The van der Waals surface area contributed by atoms with Crippen molar-refractivity contribution in [3.8, 4) is 40.1 Å². The number of tetrazole rings is 1. The fraction of sp³-hybridized carbons (Fsp3) is 0.310. The molecule has 0 aliphatic carbocycles. The quantitative estimate of drug-likeness (QED) is 0.300. The zero-order valence-corrected chi connectivity index (χ0v) is 24.2. The molecular weight excluding hydrogens is 548 g/mol. The molecule has 1 aliphatic heterocycles. The predicted octanol–water partition coefficient (Wildman–Crippen LogP) is 3.49. The van der Waals surface area contributed by atoms with E-state index in [1.54, 1.807) is 20.3 Å². The third-order valence-corrected chi connectivity index (χ3v) is 7.12. The van der Waals surface area contributed by atoms with Gasteiger partial charge in [-0.2, -0.15) is 0 Å². The van der Waals surface area contributed by atoms with Crippen molar-refractivity contribution in [2.75, 3.05) is 41.5 Å². The van der Waals surface area contributed by atoms with Gasteiger partial charge in [0.15, 0.2) is 23.0 Å². The number of hydrogen-bond donors (Lipinski definition) is 1. The van der Waals surface area contributed by atoms with Gasteiger partial charge in [-0.3, -0.25) is 9.69 Å². The topological polar surface area (TPSA) is 127 Å². The average molecular weight is 581 g/mol. The van der Waals surface area contributed by atoms with Gasteiger partial charge < -0.3 is 24.7 Å². The number of carbonyl (C=O) groups excluding carboxylic acids is 1. The highest BCUT2D eigenvalue weighted by atomic mass is 35.5. The lowest BCUT2D eigenvalue weighted by molar-refractivity contribution is 0.100. The number of aromatic nitrogens is 4. The molecule has 11 nitrogen and oxygen atoms in total. The van der Waals surface area contributed by atoms with E-state index in [2.05, 4.69) is 44.6 Å². The van der Waals surface area contributed by atoms with E-state index in [-0.39, 0.29) is 23.8 Å². The molecule has 12 heteroatoms. The number of hydrogen-bond acceptors (Lipinski definition) is 9. The van der Waals surface area contributed by atoms with E-state index in [0.717, 1.165) is 49.7 Å². The van der Waals surface area contributed by atoms with E-state index in [1.807, 2.05) is 12.1 Å². The van der Waals surface area contributed by atoms with Gasteiger partial charge in [-0.05, 0) is 71.1 Å². The number of rotatable bonds is 10. The van der Waals surface area contributed by atoms with Crippen molar-refractivity contribution in [2.24, 2.45) is 5.73 Å². The molecule has 0 saturated carbocycles. The summed E-state index contributed by atoms with van der Waals surface area (Å²) in [7, 11) is 6.33. The van der Waals surface area contributed by atoms with Crippen LogP contribution in [0.4, 0.5) is 0 Å². The van der Waals surface area contributed by atoms with Gasteiger partial charge in [-0.1, -0.05) is 12.1 Å². The lowest BCUT2D eigenvalue weighted by Crippen LogP contribution is -2.32. The van der Waals surface area contributed by atoms with Crippen LogP contribution in [0.3, 0.4) is 0 Å². The Morgan fingerprint density at radius 1 is 0.878 bits per heavy atom. The first-order chi connectivity index (χ1) is 19.4. The van der Waals surface area contributed by atoms with Crippen LogP contribution in [0.2, 0.25) is 0 Å². The van der Waals surface area contributed by atoms with E-state index < -0.39 is 5.91 Å².